The van der Waals surface area contributed by atoms with Gasteiger partial charge < -0.3 is 10.4 Å². The summed E-state index contributed by atoms with van der Waals surface area (Å²) in [5.41, 5.74) is 0.345. The number of hydrogen-bond acceptors (Lipinski definition) is 4. The minimum atomic E-state index is -1.33. The summed E-state index contributed by atoms with van der Waals surface area (Å²) in [7, 11) is 0. The van der Waals surface area contributed by atoms with Crippen molar-refractivity contribution in [2.24, 2.45) is 0 Å². The molecule has 0 aliphatic carbocycles. The molecule has 2 unspecified atom stereocenters. The number of aromatic nitrogens is 3. The van der Waals surface area contributed by atoms with E-state index < -0.39 is 12.0 Å². The number of carbonyl (C=O) groups is 1. The molecule has 8 heteroatoms. The molecule has 112 valence electrons. The Morgan fingerprint density at radius 2 is 2.05 bits per heavy atom. The van der Waals surface area contributed by atoms with E-state index in [4.69, 9.17) is 23.2 Å². The highest BCUT2D eigenvalue weighted by molar-refractivity contribution is 6.34. The van der Waals surface area contributed by atoms with Gasteiger partial charge in [-0.05, 0) is 30.7 Å². The lowest BCUT2D eigenvalue weighted by Crippen LogP contribution is -2.38. The van der Waals surface area contributed by atoms with Crippen molar-refractivity contribution in [1.29, 1.82) is 0 Å². The monoisotopic (exact) mass is 328 g/mol. The number of nitrogens with zero attached hydrogens (tertiary/aromatic N) is 3. The van der Waals surface area contributed by atoms with Crippen molar-refractivity contribution in [3.8, 4) is 0 Å². The van der Waals surface area contributed by atoms with Gasteiger partial charge in [0.05, 0.1) is 6.54 Å². The fourth-order valence-electron chi connectivity index (χ4n) is 1.86. The number of benzene rings is 1. The molecule has 1 aromatic carbocycles. The molecule has 2 rings (SSSR count). The predicted octanol–water partition coefficient (Wildman–Crippen LogP) is 1.82. The highest BCUT2D eigenvalue weighted by atomic mass is 35.5. The molecular formula is C13H14Cl2N4O2. The number of hydrogen-bond donors (Lipinski definition) is 2. The van der Waals surface area contributed by atoms with Crippen LogP contribution in [0.2, 0.25) is 10.0 Å². The molecule has 2 aromatic rings. The molecule has 0 aliphatic heterocycles. The minimum absolute atomic E-state index is 0.219. The summed E-state index contributed by atoms with van der Waals surface area (Å²) in [5.74, 6) is -0.527. The smallest absolute Gasteiger partial charge is 0.253 e. The topological polar surface area (TPSA) is 80.0 Å². The van der Waals surface area contributed by atoms with Crippen molar-refractivity contribution in [3.05, 3.63) is 46.5 Å². The number of nitrogens with one attached hydrogen (secondary N) is 1. The third-order valence-electron chi connectivity index (χ3n) is 2.77. The van der Waals surface area contributed by atoms with Crippen LogP contribution in [-0.4, -0.2) is 31.8 Å². The highest BCUT2D eigenvalue weighted by Gasteiger charge is 2.20. The Bertz CT molecular complexity index is 598. The third-order valence-corrected chi connectivity index (χ3v) is 3.20. The average molecular weight is 329 g/mol. The van der Waals surface area contributed by atoms with Crippen LogP contribution < -0.4 is 5.32 Å². The number of rotatable bonds is 5. The first-order chi connectivity index (χ1) is 9.95. The first kappa shape index (κ1) is 15.8. The van der Waals surface area contributed by atoms with Gasteiger partial charge >= 0.3 is 0 Å². The van der Waals surface area contributed by atoms with Crippen LogP contribution in [0.4, 0.5) is 0 Å². The molecule has 1 heterocycles. The van der Waals surface area contributed by atoms with Crippen LogP contribution >= 0.6 is 23.2 Å². The van der Waals surface area contributed by atoms with Gasteiger partial charge in [0.1, 0.15) is 12.7 Å². The number of carbonyl (C=O) groups excluding carboxylic acids is 1. The molecule has 0 saturated heterocycles. The van der Waals surface area contributed by atoms with Crippen LogP contribution in [0, 0.1) is 0 Å². The van der Waals surface area contributed by atoms with Gasteiger partial charge in [-0.25, -0.2) is 4.98 Å². The second-order valence-corrected chi connectivity index (χ2v) is 5.51. The largest absolute Gasteiger partial charge is 0.378 e. The van der Waals surface area contributed by atoms with Crippen LogP contribution in [0.3, 0.4) is 0 Å². The van der Waals surface area contributed by atoms with E-state index in [2.05, 4.69) is 15.4 Å². The fourth-order valence-corrected chi connectivity index (χ4v) is 2.40. The Morgan fingerprint density at radius 1 is 1.38 bits per heavy atom. The normalized spacial score (nSPS) is 13.7. The Morgan fingerprint density at radius 3 is 2.62 bits per heavy atom. The van der Waals surface area contributed by atoms with Crippen molar-refractivity contribution < 1.29 is 9.90 Å². The van der Waals surface area contributed by atoms with Crippen LogP contribution in [0.5, 0.6) is 0 Å². The van der Waals surface area contributed by atoms with Gasteiger partial charge in [-0.1, -0.05) is 23.2 Å². The summed E-state index contributed by atoms with van der Waals surface area (Å²) in [6, 6.07) is 4.31. The maximum absolute atomic E-state index is 12.0. The zero-order valence-electron chi connectivity index (χ0n) is 11.2. The average Bonchev–Trinajstić information content (AvgIpc) is 2.89. The van der Waals surface area contributed by atoms with Crippen LogP contribution in [0.25, 0.3) is 0 Å². The van der Waals surface area contributed by atoms with E-state index in [0.717, 1.165) is 0 Å². The van der Waals surface area contributed by atoms with Crippen LogP contribution in [-0.2, 0) is 11.3 Å². The molecule has 0 radical (unpaired) electrons. The van der Waals surface area contributed by atoms with Gasteiger partial charge in [-0.15, -0.1) is 0 Å². The van der Waals surface area contributed by atoms with Gasteiger partial charge in [-0.3, -0.25) is 9.48 Å². The summed E-state index contributed by atoms with van der Waals surface area (Å²) >= 11 is 11.7. The second kappa shape index (κ2) is 6.89. The SMILES string of the molecule is CC(Cn1cncn1)NC(=O)C(O)c1cc(Cl)cc(Cl)c1. The van der Waals surface area contributed by atoms with Gasteiger partial charge in [-0.2, -0.15) is 5.10 Å². The fraction of sp³-hybridized carbons (Fsp3) is 0.308. The summed E-state index contributed by atoms with van der Waals surface area (Å²) in [6.45, 7) is 2.26. The lowest BCUT2D eigenvalue weighted by Gasteiger charge is -2.17. The van der Waals surface area contributed by atoms with Crippen LogP contribution in [0.15, 0.2) is 30.9 Å². The van der Waals surface area contributed by atoms with E-state index in [9.17, 15) is 9.90 Å². The van der Waals surface area contributed by atoms with E-state index in [1.807, 2.05) is 0 Å². The van der Waals surface area contributed by atoms with E-state index in [-0.39, 0.29) is 6.04 Å². The summed E-state index contributed by atoms with van der Waals surface area (Å²) in [4.78, 5) is 15.8. The molecule has 1 amide bonds. The Hall–Kier alpha value is -1.63. The van der Waals surface area contributed by atoms with Gasteiger partial charge in [0.2, 0.25) is 0 Å². The minimum Gasteiger partial charge on any atom is -0.378 e. The highest BCUT2D eigenvalue weighted by Crippen LogP contribution is 2.23. The molecule has 2 atom stereocenters. The molecule has 0 fully saturated rings. The first-order valence-electron chi connectivity index (χ1n) is 6.22. The zero-order valence-corrected chi connectivity index (χ0v) is 12.7. The van der Waals surface area contributed by atoms with Gasteiger partial charge in [0.25, 0.3) is 5.91 Å². The summed E-state index contributed by atoms with van der Waals surface area (Å²) in [6.07, 6.45) is 1.63. The maximum Gasteiger partial charge on any atom is 0.253 e. The number of aliphatic hydroxyl groups excluding tert-OH is 1. The van der Waals surface area contributed by atoms with E-state index in [0.29, 0.717) is 22.2 Å². The van der Waals surface area contributed by atoms with Crippen molar-refractivity contribution in [2.45, 2.75) is 25.6 Å². The Kier molecular flexibility index (Phi) is 5.17. The molecule has 0 saturated carbocycles. The van der Waals surface area contributed by atoms with Crippen molar-refractivity contribution in [3.63, 3.8) is 0 Å². The molecule has 21 heavy (non-hydrogen) atoms. The quantitative estimate of drug-likeness (QED) is 0.877. The van der Waals surface area contributed by atoms with Gasteiger partial charge in [0, 0.05) is 16.1 Å². The van der Waals surface area contributed by atoms with Crippen molar-refractivity contribution >= 4 is 29.1 Å². The van der Waals surface area contributed by atoms with E-state index in [1.165, 1.54) is 24.5 Å². The lowest BCUT2D eigenvalue weighted by atomic mass is 10.1. The standard InChI is InChI=1S/C13H14Cl2N4O2/c1-8(5-19-7-16-6-17-19)18-13(21)12(20)9-2-10(14)4-11(15)3-9/h2-4,6-8,12,20H,5H2,1H3,(H,18,21). The lowest BCUT2D eigenvalue weighted by molar-refractivity contribution is -0.130. The zero-order chi connectivity index (χ0) is 15.4. The second-order valence-electron chi connectivity index (χ2n) is 4.63. The van der Waals surface area contributed by atoms with E-state index in [1.54, 1.807) is 17.9 Å². The summed E-state index contributed by atoms with van der Waals surface area (Å²) in [5, 5.41) is 17.4. The molecule has 1 aromatic heterocycles. The molecular weight excluding hydrogens is 315 g/mol. The van der Waals surface area contributed by atoms with Crippen molar-refractivity contribution in [2.75, 3.05) is 0 Å². The third kappa shape index (κ3) is 4.42. The number of aliphatic hydroxyl groups is 1. The predicted molar refractivity (Wildman–Crippen MR) is 79.0 cm³/mol. The number of amides is 1. The molecule has 0 spiro atoms. The molecule has 2 N–H and O–H groups in total. The first-order valence-corrected chi connectivity index (χ1v) is 6.98. The maximum atomic E-state index is 12.0. The molecule has 0 bridgehead atoms. The molecule has 6 nitrogen and oxygen atoms in total. The van der Waals surface area contributed by atoms with Crippen LogP contribution in [0.1, 0.15) is 18.6 Å². The van der Waals surface area contributed by atoms with Gasteiger partial charge in [0.15, 0.2) is 6.10 Å². The summed E-state index contributed by atoms with van der Waals surface area (Å²) < 4.78 is 1.59. The Labute approximate surface area is 131 Å². The molecule has 0 aliphatic rings. The van der Waals surface area contributed by atoms with Crippen molar-refractivity contribution in [1.82, 2.24) is 20.1 Å². The number of halogens is 2. The van der Waals surface area contributed by atoms with E-state index >= 15 is 0 Å². The Balaban J connectivity index is 1.98.